The van der Waals surface area contributed by atoms with E-state index in [-0.39, 0.29) is 75.4 Å². The van der Waals surface area contributed by atoms with E-state index in [1.807, 2.05) is 6.92 Å². The van der Waals surface area contributed by atoms with E-state index >= 15 is 0 Å². The van der Waals surface area contributed by atoms with Crippen LogP contribution in [0.3, 0.4) is 0 Å². The van der Waals surface area contributed by atoms with E-state index in [0.717, 1.165) is 17.0 Å². The van der Waals surface area contributed by atoms with Crippen molar-refractivity contribution in [2.75, 3.05) is 6.61 Å². The van der Waals surface area contributed by atoms with Gasteiger partial charge in [0.15, 0.2) is 5.65 Å². The molecule has 152 valence electrons. The fourth-order valence-corrected chi connectivity index (χ4v) is 3.54. The number of hydrogen-bond acceptors (Lipinski definition) is 7. The standard InChI is InChI=1S/C21H17FN5O3.K/c1-12-6-7-23-20-18(12)21(28)27(11-24-20)9-17-25-19(26-30-17)14-8-16(29-10-14)13-2-4-15(22)5-3-13;/h2-7,11,16H,8-10H2,1H3;/q-1;+1/t16-;/m1./s1. The van der Waals surface area contributed by atoms with Crippen LogP contribution in [0.1, 0.15) is 35.4 Å². The van der Waals surface area contributed by atoms with Crippen molar-refractivity contribution in [3.63, 3.8) is 0 Å². The third-order valence-electron chi connectivity index (χ3n) is 5.16. The molecular weight excluding hydrogens is 428 g/mol. The monoisotopic (exact) mass is 445 g/mol. The summed E-state index contributed by atoms with van der Waals surface area (Å²) < 4.78 is 25.7. The Morgan fingerprint density at radius 2 is 2.03 bits per heavy atom. The normalized spacial score (nSPS) is 15.9. The number of aryl methyl sites for hydroxylation is 1. The number of hydrogen-bond donors (Lipinski definition) is 0. The van der Waals surface area contributed by atoms with E-state index in [2.05, 4.69) is 20.1 Å². The number of rotatable bonds is 4. The minimum Gasteiger partial charge on any atom is -0.405 e. The molecule has 1 atom stereocenters. The van der Waals surface area contributed by atoms with Crippen molar-refractivity contribution in [2.24, 2.45) is 0 Å². The number of ether oxygens (including phenoxy) is 1. The van der Waals surface area contributed by atoms with Gasteiger partial charge in [0.1, 0.15) is 18.7 Å². The van der Waals surface area contributed by atoms with Gasteiger partial charge in [-0.05, 0) is 36.2 Å². The van der Waals surface area contributed by atoms with Crippen LogP contribution in [-0.2, 0) is 11.3 Å². The quantitative estimate of drug-likeness (QED) is 0.316. The van der Waals surface area contributed by atoms with Gasteiger partial charge in [0, 0.05) is 12.0 Å². The first-order valence-electron chi connectivity index (χ1n) is 9.44. The molecule has 3 aromatic heterocycles. The van der Waals surface area contributed by atoms with Gasteiger partial charge in [-0.3, -0.25) is 15.3 Å². The second-order valence-electron chi connectivity index (χ2n) is 7.17. The molecule has 10 heteroatoms. The van der Waals surface area contributed by atoms with Crippen LogP contribution in [0.4, 0.5) is 4.39 Å². The van der Waals surface area contributed by atoms with Crippen molar-refractivity contribution in [3.05, 3.63) is 87.8 Å². The maximum atomic E-state index is 13.1. The minimum absolute atomic E-state index is 0. The molecule has 4 heterocycles. The second-order valence-corrected chi connectivity index (χ2v) is 7.17. The molecule has 0 aliphatic carbocycles. The predicted octanol–water partition coefficient (Wildman–Crippen LogP) is -0.241. The second kappa shape index (κ2) is 9.27. The fraction of sp³-hybridized carbons (Fsp3) is 0.238. The molecule has 0 unspecified atom stereocenters. The van der Waals surface area contributed by atoms with Crippen molar-refractivity contribution in [2.45, 2.75) is 26.0 Å². The zero-order valence-corrected chi connectivity index (χ0v) is 20.2. The molecule has 8 nitrogen and oxygen atoms in total. The Balaban J connectivity index is 0.00000231. The summed E-state index contributed by atoms with van der Waals surface area (Å²) in [5.41, 5.74) is 1.91. The summed E-state index contributed by atoms with van der Waals surface area (Å²) in [5.74, 6) is 1.36. The van der Waals surface area contributed by atoms with Crippen LogP contribution in [0.5, 0.6) is 0 Å². The van der Waals surface area contributed by atoms with Crippen molar-refractivity contribution in [1.29, 1.82) is 0 Å². The third kappa shape index (κ3) is 4.50. The number of halogens is 1. The van der Waals surface area contributed by atoms with Gasteiger partial charge in [-0.1, -0.05) is 23.9 Å². The molecule has 1 aliphatic heterocycles. The molecule has 1 fully saturated rings. The summed E-state index contributed by atoms with van der Waals surface area (Å²) in [7, 11) is 0. The van der Waals surface area contributed by atoms with E-state index in [1.54, 1.807) is 24.4 Å². The summed E-state index contributed by atoms with van der Waals surface area (Å²) in [5, 5.41) is 4.51. The Morgan fingerprint density at radius 3 is 2.84 bits per heavy atom. The summed E-state index contributed by atoms with van der Waals surface area (Å²) >= 11 is 0. The zero-order valence-electron chi connectivity index (χ0n) is 17.1. The van der Waals surface area contributed by atoms with Crippen LogP contribution in [-0.4, -0.2) is 31.3 Å². The fourth-order valence-electron chi connectivity index (χ4n) is 3.54. The molecule has 5 rings (SSSR count). The number of aromatic nitrogens is 5. The molecule has 0 N–H and O–H groups in total. The predicted molar refractivity (Wildman–Crippen MR) is 104 cm³/mol. The Hall–Kier alpha value is -1.95. The largest absolute Gasteiger partial charge is 1.00 e. The Bertz CT molecular complexity index is 1270. The Labute approximate surface area is 219 Å². The van der Waals surface area contributed by atoms with Crippen molar-refractivity contribution in [3.8, 4) is 0 Å². The van der Waals surface area contributed by atoms with Gasteiger partial charge in [-0.25, -0.2) is 19.3 Å². The molecular formula is C21H17FKN5O3. The van der Waals surface area contributed by atoms with E-state index < -0.39 is 0 Å². The zero-order chi connectivity index (χ0) is 20.7. The van der Waals surface area contributed by atoms with Crippen LogP contribution < -0.4 is 56.9 Å². The summed E-state index contributed by atoms with van der Waals surface area (Å²) in [6.07, 6.45) is 3.47. The van der Waals surface area contributed by atoms with Gasteiger partial charge in [0.25, 0.3) is 5.56 Å². The van der Waals surface area contributed by atoms with Gasteiger partial charge >= 0.3 is 51.4 Å². The molecule has 1 aliphatic rings. The molecule has 0 radical (unpaired) electrons. The van der Waals surface area contributed by atoms with Crippen LogP contribution >= 0.6 is 0 Å². The van der Waals surface area contributed by atoms with Crippen molar-refractivity contribution >= 4 is 11.0 Å². The molecule has 0 amide bonds. The average molecular weight is 445 g/mol. The van der Waals surface area contributed by atoms with Gasteiger partial charge in [-0.15, -0.1) is 6.42 Å². The maximum Gasteiger partial charge on any atom is 1.00 e. The topological polar surface area (TPSA) is 95.9 Å². The first-order chi connectivity index (χ1) is 14.6. The molecule has 31 heavy (non-hydrogen) atoms. The van der Waals surface area contributed by atoms with E-state index in [9.17, 15) is 9.18 Å². The molecule has 0 bridgehead atoms. The number of fused-ring (bicyclic) bond motifs is 1. The Kier molecular flexibility index (Phi) is 6.65. The van der Waals surface area contributed by atoms with E-state index in [1.165, 1.54) is 23.0 Å². The van der Waals surface area contributed by atoms with Crippen LogP contribution in [0.25, 0.3) is 11.0 Å². The first-order valence-corrected chi connectivity index (χ1v) is 9.44. The van der Waals surface area contributed by atoms with Crippen LogP contribution in [0.15, 0.2) is 52.2 Å². The molecule has 0 spiro atoms. The third-order valence-corrected chi connectivity index (χ3v) is 5.16. The molecule has 0 saturated carbocycles. The summed E-state index contributed by atoms with van der Waals surface area (Å²) in [6.45, 7) is 2.32. The Morgan fingerprint density at radius 1 is 1.23 bits per heavy atom. The first kappa shape index (κ1) is 22.2. The molecule has 1 saturated heterocycles. The van der Waals surface area contributed by atoms with Gasteiger partial charge in [-0.2, -0.15) is 0 Å². The molecule has 4 aromatic rings. The number of nitrogens with zero attached hydrogens (tertiary/aromatic N) is 5. The number of benzene rings is 1. The van der Waals surface area contributed by atoms with Crippen LogP contribution in [0, 0.1) is 18.7 Å². The minimum atomic E-state index is -0.284. The van der Waals surface area contributed by atoms with Gasteiger partial charge in [0.2, 0.25) is 5.89 Å². The summed E-state index contributed by atoms with van der Waals surface area (Å²) in [6, 6.07) is 8.02. The maximum absolute atomic E-state index is 13.1. The van der Waals surface area contributed by atoms with Crippen molar-refractivity contribution in [1.82, 2.24) is 24.7 Å². The van der Waals surface area contributed by atoms with Crippen LogP contribution in [0.2, 0.25) is 0 Å². The molecule has 1 aromatic carbocycles. The smallest absolute Gasteiger partial charge is 0.405 e. The summed E-state index contributed by atoms with van der Waals surface area (Å²) in [4.78, 5) is 25.6. The van der Waals surface area contributed by atoms with Crippen molar-refractivity contribution < 1.29 is 65.0 Å². The number of pyridine rings is 1. The van der Waals surface area contributed by atoms with Gasteiger partial charge in [0.05, 0.1) is 11.5 Å². The van der Waals surface area contributed by atoms with E-state index in [0.29, 0.717) is 35.8 Å². The van der Waals surface area contributed by atoms with E-state index in [4.69, 9.17) is 9.26 Å². The average Bonchev–Trinajstić information content (AvgIpc) is 3.40. The SMILES string of the molecule is Cc1ccnc2ncn(Cc3nc([C-]4CO[C@@H](c5ccc(F)cc5)C4)no3)c(=O)c12.[K+]. The van der Waals surface area contributed by atoms with Gasteiger partial charge < -0.3 is 9.26 Å².